The number of methoxy groups -OCH3 is 1. The lowest BCUT2D eigenvalue weighted by Crippen LogP contribution is -2.16. The maximum absolute atomic E-state index is 13.3. The van der Waals surface area contributed by atoms with Crippen LogP contribution in [0, 0.1) is 5.82 Å². The highest BCUT2D eigenvalue weighted by Gasteiger charge is 2.14. The van der Waals surface area contributed by atoms with Crippen molar-refractivity contribution in [2.75, 3.05) is 7.11 Å². The third-order valence-electron chi connectivity index (χ3n) is 4.61. The number of carbonyl (C=O) groups is 1. The summed E-state index contributed by atoms with van der Waals surface area (Å²) in [6.45, 7) is 0.196. The molecule has 1 aromatic heterocycles. The Morgan fingerprint density at radius 2 is 1.97 bits per heavy atom. The summed E-state index contributed by atoms with van der Waals surface area (Å²) in [5, 5.41) is 4.77. The molecule has 6 nitrogen and oxygen atoms in total. The van der Waals surface area contributed by atoms with E-state index in [9.17, 15) is 9.18 Å². The van der Waals surface area contributed by atoms with Crippen molar-refractivity contribution in [3.63, 3.8) is 0 Å². The van der Waals surface area contributed by atoms with E-state index in [0.29, 0.717) is 28.2 Å². The highest BCUT2D eigenvalue weighted by Crippen LogP contribution is 2.31. The van der Waals surface area contributed by atoms with E-state index in [1.807, 2.05) is 12.1 Å². The molecule has 0 aliphatic heterocycles. The fourth-order valence-electron chi connectivity index (χ4n) is 3.08. The third-order valence-corrected chi connectivity index (χ3v) is 5.66. The molecule has 3 aromatic carbocycles. The minimum Gasteiger partial charge on any atom is -0.493 e. The van der Waals surface area contributed by atoms with Crippen LogP contribution in [0.2, 0.25) is 0 Å². The highest BCUT2D eigenvalue weighted by molar-refractivity contribution is 9.11. The lowest BCUT2D eigenvalue weighted by molar-refractivity contribution is 0.0929. The number of furan rings is 1. The number of ether oxygens (including phenoxy) is 2. The van der Waals surface area contributed by atoms with Gasteiger partial charge in [-0.3, -0.25) is 4.79 Å². The molecule has 1 N–H and O–H groups in total. The van der Waals surface area contributed by atoms with Gasteiger partial charge in [0, 0.05) is 9.86 Å². The Kier molecular flexibility index (Phi) is 7.10. The molecule has 0 radical (unpaired) electrons. The maximum Gasteiger partial charge on any atom is 0.307 e. The molecule has 168 valence electrons. The van der Waals surface area contributed by atoms with Crippen LogP contribution in [0.15, 0.2) is 79.1 Å². The quantitative estimate of drug-likeness (QED) is 0.203. The van der Waals surface area contributed by atoms with Crippen LogP contribution in [0.3, 0.4) is 0 Å². The van der Waals surface area contributed by atoms with Crippen LogP contribution in [-0.2, 0) is 6.61 Å². The fourth-order valence-corrected chi connectivity index (χ4v) is 4.42. The van der Waals surface area contributed by atoms with Crippen molar-refractivity contribution >= 4 is 55.0 Å². The van der Waals surface area contributed by atoms with Gasteiger partial charge in [0.2, 0.25) is 0 Å². The summed E-state index contributed by atoms with van der Waals surface area (Å²) in [5.41, 5.74) is 4.41. The second-order valence-corrected chi connectivity index (χ2v) is 8.71. The number of benzene rings is 3. The first-order valence-corrected chi connectivity index (χ1v) is 11.3. The highest BCUT2D eigenvalue weighted by atomic mass is 79.9. The van der Waals surface area contributed by atoms with Crippen LogP contribution in [0.1, 0.15) is 21.7 Å². The summed E-state index contributed by atoms with van der Waals surface area (Å²) < 4.78 is 31.7. The van der Waals surface area contributed by atoms with E-state index < -0.39 is 5.91 Å². The van der Waals surface area contributed by atoms with Crippen molar-refractivity contribution in [2.45, 2.75) is 6.61 Å². The van der Waals surface area contributed by atoms with Crippen LogP contribution >= 0.6 is 31.9 Å². The number of hydrazone groups is 1. The number of hydrogen-bond acceptors (Lipinski definition) is 5. The van der Waals surface area contributed by atoms with Crippen molar-refractivity contribution in [1.82, 2.24) is 5.43 Å². The number of hydrogen-bond donors (Lipinski definition) is 1. The Hall–Kier alpha value is -3.17. The first-order chi connectivity index (χ1) is 15.9. The molecule has 0 spiro atoms. The number of rotatable bonds is 7. The van der Waals surface area contributed by atoms with Crippen molar-refractivity contribution in [2.24, 2.45) is 5.10 Å². The molecule has 0 unspecified atom stereocenters. The van der Waals surface area contributed by atoms with E-state index in [-0.39, 0.29) is 18.2 Å². The zero-order valence-corrected chi connectivity index (χ0v) is 20.4. The Labute approximate surface area is 205 Å². The zero-order valence-electron chi connectivity index (χ0n) is 17.3. The molecule has 1 amide bonds. The number of halogens is 3. The van der Waals surface area contributed by atoms with Crippen LogP contribution in [0.5, 0.6) is 11.5 Å². The van der Waals surface area contributed by atoms with E-state index in [2.05, 4.69) is 42.4 Å². The Bertz CT molecular complexity index is 1350. The van der Waals surface area contributed by atoms with E-state index in [4.69, 9.17) is 13.9 Å². The van der Waals surface area contributed by atoms with Gasteiger partial charge in [0.25, 0.3) is 0 Å². The molecule has 1 heterocycles. The van der Waals surface area contributed by atoms with E-state index in [1.165, 1.54) is 25.5 Å². The van der Waals surface area contributed by atoms with Gasteiger partial charge < -0.3 is 13.9 Å². The Balaban J connectivity index is 1.41. The predicted molar refractivity (Wildman–Crippen MR) is 130 cm³/mol. The molecule has 0 atom stereocenters. The molecule has 9 heteroatoms. The molecule has 33 heavy (non-hydrogen) atoms. The largest absolute Gasteiger partial charge is 0.493 e. The van der Waals surface area contributed by atoms with Gasteiger partial charge in [-0.1, -0.05) is 28.1 Å². The molecule has 0 saturated carbocycles. The van der Waals surface area contributed by atoms with Crippen LogP contribution in [0.25, 0.3) is 11.0 Å². The van der Waals surface area contributed by atoms with Gasteiger partial charge in [-0.2, -0.15) is 5.10 Å². The minimum atomic E-state index is -0.479. The Morgan fingerprint density at radius 3 is 2.76 bits per heavy atom. The summed E-state index contributed by atoms with van der Waals surface area (Å²) in [5.74, 6) is 0.322. The van der Waals surface area contributed by atoms with Gasteiger partial charge in [0.1, 0.15) is 18.0 Å². The van der Waals surface area contributed by atoms with Crippen molar-refractivity contribution < 1.29 is 23.1 Å². The standard InChI is InChI=1S/C24H17Br2FN2O4/c1-31-21-8-14(5-6-20(21)32-13-15-3-2-4-18(27)7-15)12-28-29-24(30)22-10-16-9-17(25)11-19(26)23(16)33-22/h2-12H,13H2,1H3,(H,29,30)/b28-12-. The SMILES string of the molecule is COc1cc(/C=N\NC(=O)c2cc3cc(Br)cc(Br)c3o2)ccc1OCc1cccc(F)c1. The summed E-state index contributed by atoms with van der Waals surface area (Å²) >= 11 is 6.82. The van der Waals surface area contributed by atoms with Gasteiger partial charge >= 0.3 is 5.91 Å². The van der Waals surface area contributed by atoms with Crippen LogP contribution in [0.4, 0.5) is 4.39 Å². The second-order valence-electron chi connectivity index (χ2n) is 6.94. The topological polar surface area (TPSA) is 73.1 Å². The summed E-state index contributed by atoms with van der Waals surface area (Å²) in [6.07, 6.45) is 1.48. The second kappa shape index (κ2) is 10.2. The molecule has 4 rings (SSSR count). The number of nitrogens with one attached hydrogen (secondary N) is 1. The monoisotopic (exact) mass is 574 g/mol. The van der Waals surface area contributed by atoms with Gasteiger partial charge in [-0.25, -0.2) is 9.82 Å². The van der Waals surface area contributed by atoms with Crippen molar-refractivity contribution in [3.05, 3.63) is 92.3 Å². The van der Waals surface area contributed by atoms with E-state index in [0.717, 1.165) is 14.3 Å². The first kappa shape index (κ1) is 23.0. The van der Waals surface area contributed by atoms with Crippen molar-refractivity contribution in [3.8, 4) is 11.5 Å². The Morgan fingerprint density at radius 1 is 1.12 bits per heavy atom. The van der Waals surface area contributed by atoms with Crippen LogP contribution < -0.4 is 14.9 Å². The number of carbonyl (C=O) groups excluding carboxylic acids is 1. The van der Waals surface area contributed by atoms with E-state index >= 15 is 0 Å². The molecular weight excluding hydrogens is 559 g/mol. The first-order valence-electron chi connectivity index (χ1n) is 9.70. The molecule has 4 aromatic rings. The molecular formula is C24H17Br2FN2O4. The lowest BCUT2D eigenvalue weighted by atomic mass is 10.2. The zero-order chi connectivity index (χ0) is 23.4. The average molecular weight is 576 g/mol. The third kappa shape index (κ3) is 5.61. The normalized spacial score (nSPS) is 11.2. The van der Waals surface area contributed by atoms with Crippen LogP contribution in [-0.4, -0.2) is 19.2 Å². The van der Waals surface area contributed by atoms with E-state index in [1.54, 1.807) is 36.4 Å². The average Bonchev–Trinajstić information content (AvgIpc) is 3.22. The predicted octanol–water partition coefficient (Wildman–Crippen LogP) is 6.45. The van der Waals surface area contributed by atoms with Gasteiger partial charge in [0.15, 0.2) is 17.3 Å². The number of fused-ring (bicyclic) bond motifs is 1. The summed E-state index contributed by atoms with van der Waals surface area (Å²) in [7, 11) is 1.52. The summed E-state index contributed by atoms with van der Waals surface area (Å²) in [4.78, 5) is 12.4. The smallest absolute Gasteiger partial charge is 0.307 e. The number of amides is 1. The van der Waals surface area contributed by atoms with Crippen molar-refractivity contribution in [1.29, 1.82) is 0 Å². The van der Waals surface area contributed by atoms with Gasteiger partial charge in [0.05, 0.1) is 17.8 Å². The minimum absolute atomic E-state index is 0.139. The fraction of sp³-hybridized carbons (Fsp3) is 0.0833. The van der Waals surface area contributed by atoms with Gasteiger partial charge in [-0.05, 0) is 75.6 Å². The molecule has 0 saturated heterocycles. The lowest BCUT2D eigenvalue weighted by Gasteiger charge is -2.11. The molecule has 0 aliphatic rings. The number of nitrogens with zero attached hydrogens (tertiary/aromatic N) is 1. The molecule has 0 bridgehead atoms. The maximum atomic E-state index is 13.3. The summed E-state index contributed by atoms with van der Waals surface area (Å²) in [6, 6.07) is 16.7. The molecule has 0 aliphatic carbocycles. The van der Waals surface area contributed by atoms with Gasteiger partial charge in [-0.15, -0.1) is 0 Å². The molecule has 0 fully saturated rings.